The first-order valence-electron chi connectivity index (χ1n) is 8.16. The summed E-state index contributed by atoms with van der Waals surface area (Å²) in [6.45, 7) is 6.96. The van der Waals surface area contributed by atoms with Crippen LogP contribution in [-0.2, 0) is 28.8 Å². The van der Waals surface area contributed by atoms with Gasteiger partial charge in [-0.15, -0.1) is 5.06 Å². The standard InChI is InChI=1S/C7H15N2O2.C7H9NO4S.C2H6/c1-6(10)11-7(8(2)3)9(4)5;1-2-6(10)12-8-5(9)3-4(13)7(8)11;1-2/h1-5H3;4,13H,2-3H2,1H3;1-2H3/q+1;;. The highest BCUT2D eigenvalue weighted by Gasteiger charge is 2.39. The van der Waals surface area contributed by atoms with Gasteiger partial charge < -0.3 is 9.57 Å². The van der Waals surface area contributed by atoms with E-state index >= 15 is 0 Å². The van der Waals surface area contributed by atoms with Gasteiger partial charge in [0, 0.05) is 13.3 Å². The van der Waals surface area contributed by atoms with Gasteiger partial charge in [-0.2, -0.15) is 12.6 Å². The Morgan fingerprint density at radius 2 is 1.77 bits per heavy atom. The van der Waals surface area contributed by atoms with Crippen molar-refractivity contribution >= 4 is 42.4 Å². The molecule has 2 amide bonds. The number of amides is 2. The minimum absolute atomic E-state index is 0.0149. The van der Waals surface area contributed by atoms with E-state index in [0.29, 0.717) is 11.1 Å². The van der Waals surface area contributed by atoms with E-state index in [-0.39, 0.29) is 18.8 Å². The molecule has 1 heterocycles. The highest BCUT2D eigenvalue weighted by molar-refractivity contribution is 7.81. The molecular weight excluding hydrogens is 362 g/mol. The van der Waals surface area contributed by atoms with Gasteiger partial charge in [-0.3, -0.25) is 14.4 Å². The molecule has 26 heavy (non-hydrogen) atoms. The molecule has 1 atom stereocenters. The number of hydrogen-bond donors (Lipinski definition) is 1. The second kappa shape index (κ2) is 13.2. The van der Waals surface area contributed by atoms with E-state index in [1.807, 2.05) is 42.0 Å². The van der Waals surface area contributed by atoms with Crippen molar-refractivity contribution in [3.05, 3.63) is 0 Å². The first-order valence-corrected chi connectivity index (χ1v) is 8.68. The summed E-state index contributed by atoms with van der Waals surface area (Å²) < 4.78 is 6.64. The monoisotopic (exact) mass is 392 g/mol. The second-order valence-electron chi connectivity index (χ2n) is 5.23. The summed E-state index contributed by atoms with van der Waals surface area (Å²) in [5.41, 5.74) is 0. The second-order valence-corrected chi connectivity index (χ2v) is 5.85. The Balaban J connectivity index is 0. The molecule has 1 aliphatic rings. The number of esters is 1. The van der Waals surface area contributed by atoms with E-state index in [0.717, 1.165) is 0 Å². The molecule has 0 saturated carbocycles. The van der Waals surface area contributed by atoms with Crippen LogP contribution < -0.4 is 0 Å². The normalized spacial score (nSPS) is 15.1. The van der Waals surface area contributed by atoms with E-state index in [1.165, 1.54) is 6.92 Å². The van der Waals surface area contributed by atoms with E-state index in [9.17, 15) is 19.2 Å². The van der Waals surface area contributed by atoms with Crippen LogP contribution in [-0.4, -0.2) is 77.8 Å². The van der Waals surface area contributed by atoms with Crippen LogP contribution in [0, 0.1) is 0 Å². The maximum absolute atomic E-state index is 11.1. The zero-order chi connectivity index (χ0) is 21.0. The third-order valence-corrected chi connectivity index (χ3v) is 2.97. The van der Waals surface area contributed by atoms with Crippen LogP contribution in [0.1, 0.15) is 40.5 Å². The van der Waals surface area contributed by atoms with Gasteiger partial charge in [-0.25, -0.2) is 14.3 Å². The molecule has 10 heteroatoms. The van der Waals surface area contributed by atoms with Crippen molar-refractivity contribution in [1.82, 2.24) is 9.96 Å². The number of nitrogens with zero attached hydrogens (tertiary/aromatic N) is 3. The molecule has 9 nitrogen and oxygen atoms in total. The molecule has 0 bridgehead atoms. The van der Waals surface area contributed by atoms with Gasteiger partial charge in [0.15, 0.2) is 0 Å². The van der Waals surface area contributed by atoms with Crippen LogP contribution in [0.2, 0.25) is 0 Å². The molecule has 1 saturated heterocycles. The summed E-state index contributed by atoms with van der Waals surface area (Å²) in [6.07, 6.45) is 0.104. The topological polar surface area (TPSA) is 96.2 Å². The van der Waals surface area contributed by atoms with Crippen molar-refractivity contribution in [2.45, 2.75) is 45.8 Å². The van der Waals surface area contributed by atoms with Crippen LogP contribution >= 0.6 is 12.6 Å². The summed E-state index contributed by atoms with van der Waals surface area (Å²) in [7, 11) is 7.27. The van der Waals surface area contributed by atoms with Gasteiger partial charge in [-0.1, -0.05) is 20.8 Å². The molecule has 0 aromatic carbocycles. The van der Waals surface area contributed by atoms with E-state index in [4.69, 9.17) is 4.74 Å². The largest absolute Gasteiger partial charge is 0.453 e. The average Bonchev–Trinajstić information content (AvgIpc) is 2.80. The zero-order valence-corrected chi connectivity index (χ0v) is 17.6. The number of amidine groups is 1. The van der Waals surface area contributed by atoms with Gasteiger partial charge >= 0.3 is 18.0 Å². The van der Waals surface area contributed by atoms with Gasteiger partial charge in [-0.05, 0) is 0 Å². The van der Waals surface area contributed by atoms with E-state index < -0.39 is 23.0 Å². The fourth-order valence-corrected chi connectivity index (χ4v) is 1.83. The number of ether oxygens (including phenoxy) is 1. The first-order chi connectivity index (χ1) is 12.0. The number of hydroxylamine groups is 2. The molecule has 0 aliphatic carbocycles. The quantitative estimate of drug-likeness (QED) is 0.184. The smallest absolute Gasteiger partial charge is 0.358 e. The van der Waals surface area contributed by atoms with Gasteiger partial charge in [0.05, 0.1) is 39.9 Å². The first kappa shape index (κ1) is 26.1. The summed E-state index contributed by atoms with van der Waals surface area (Å²) in [4.78, 5) is 49.7. The van der Waals surface area contributed by atoms with Crippen molar-refractivity contribution in [3.63, 3.8) is 0 Å². The maximum atomic E-state index is 11.1. The van der Waals surface area contributed by atoms with Crippen molar-refractivity contribution in [2.75, 3.05) is 28.2 Å². The van der Waals surface area contributed by atoms with Crippen LogP contribution in [0.15, 0.2) is 0 Å². The summed E-state index contributed by atoms with van der Waals surface area (Å²) in [5, 5.41) is -0.194. The molecule has 1 rings (SSSR count). The highest BCUT2D eigenvalue weighted by Crippen LogP contribution is 2.18. The maximum Gasteiger partial charge on any atom is 0.453 e. The Morgan fingerprint density at radius 1 is 1.27 bits per heavy atom. The lowest BCUT2D eigenvalue weighted by molar-refractivity contribution is -0.479. The van der Waals surface area contributed by atoms with Crippen LogP contribution in [0.25, 0.3) is 0 Å². The number of thiol groups is 1. The van der Waals surface area contributed by atoms with E-state index in [2.05, 4.69) is 17.5 Å². The number of hydrogen-bond acceptors (Lipinski definition) is 7. The van der Waals surface area contributed by atoms with Crippen molar-refractivity contribution in [3.8, 4) is 0 Å². The van der Waals surface area contributed by atoms with Crippen molar-refractivity contribution in [2.24, 2.45) is 0 Å². The SMILES string of the molecule is CC.CC(=O)OC(N(C)C)=[N+](C)C.CCC(=O)ON1C(=O)CC(S)C1=O. The molecule has 1 fully saturated rings. The predicted octanol–water partition coefficient (Wildman–Crippen LogP) is 0.677. The fraction of sp³-hybridized carbons (Fsp3) is 0.688. The fourth-order valence-electron chi connectivity index (χ4n) is 1.57. The van der Waals surface area contributed by atoms with Gasteiger partial charge in [0.2, 0.25) is 0 Å². The minimum Gasteiger partial charge on any atom is -0.358 e. The molecule has 150 valence electrons. The Bertz CT molecular complexity index is 544. The summed E-state index contributed by atoms with van der Waals surface area (Å²) >= 11 is 3.85. The van der Waals surface area contributed by atoms with Gasteiger partial charge in [0.25, 0.3) is 11.8 Å². The summed E-state index contributed by atoms with van der Waals surface area (Å²) in [5.74, 6) is -2.01. The molecule has 0 N–H and O–H groups in total. The lowest BCUT2D eigenvalue weighted by atomic mass is 10.4. The molecule has 0 spiro atoms. The molecule has 1 unspecified atom stereocenters. The lowest BCUT2D eigenvalue weighted by Gasteiger charge is -2.11. The third-order valence-electron chi connectivity index (χ3n) is 2.56. The summed E-state index contributed by atoms with van der Waals surface area (Å²) in [6, 6.07) is 0.539. The van der Waals surface area contributed by atoms with Crippen LogP contribution in [0.3, 0.4) is 0 Å². The Hall–Kier alpha value is -2.10. The molecular formula is C16H30N3O6S+. The third kappa shape index (κ3) is 9.40. The number of rotatable bonds is 2. The Kier molecular flexibility index (Phi) is 13.2. The van der Waals surface area contributed by atoms with E-state index in [1.54, 1.807) is 16.4 Å². The predicted molar refractivity (Wildman–Crippen MR) is 99.5 cm³/mol. The number of carbonyl (C=O) groups is 4. The molecule has 1 aliphatic heterocycles. The Labute approximate surface area is 160 Å². The minimum atomic E-state index is -0.683. The zero-order valence-electron chi connectivity index (χ0n) is 16.7. The number of imide groups is 1. The van der Waals surface area contributed by atoms with Crippen molar-refractivity contribution < 1.29 is 33.3 Å². The Morgan fingerprint density at radius 3 is 2.00 bits per heavy atom. The molecule has 0 aromatic rings. The average molecular weight is 392 g/mol. The highest BCUT2D eigenvalue weighted by atomic mass is 32.1. The van der Waals surface area contributed by atoms with Gasteiger partial charge in [0.1, 0.15) is 0 Å². The van der Waals surface area contributed by atoms with Crippen LogP contribution in [0.4, 0.5) is 0 Å². The molecule has 0 radical (unpaired) electrons. The number of carbonyl (C=O) groups excluding carboxylic acids is 4. The molecule has 0 aromatic heterocycles. The lowest BCUT2D eigenvalue weighted by Crippen LogP contribution is -2.33. The van der Waals surface area contributed by atoms with Crippen LogP contribution in [0.5, 0.6) is 0 Å². The van der Waals surface area contributed by atoms with Crippen molar-refractivity contribution in [1.29, 1.82) is 0 Å².